The lowest BCUT2D eigenvalue weighted by Gasteiger charge is -2.22. The molecule has 0 aliphatic heterocycles. The fourth-order valence-electron chi connectivity index (χ4n) is 2.02. The number of nitro groups is 1. The van der Waals surface area contributed by atoms with Crippen molar-refractivity contribution < 1.29 is 10.0 Å². The van der Waals surface area contributed by atoms with Gasteiger partial charge in [0.1, 0.15) is 0 Å². The molecule has 1 N–H and O–H groups in total. The third kappa shape index (κ3) is 4.30. The molecule has 23 heavy (non-hydrogen) atoms. The highest BCUT2D eigenvalue weighted by molar-refractivity contribution is 7.13. The third-order valence-corrected chi connectivity index (χ3v) is 3.92. The quantitative estimate of drug-likeness (QED) is 0.473. The predicted molar refractivity (Wildman–Crippen MR) is 89.1 cm³/mol. The number of azo groups is 1. The standard InChI is InChI=1S/C14H17N5O3S/c1-3-18(6-7-20)11-4-5-12(10(2)8-11)16-17-14-15-13(9-23-14)19(21)22/h4-5,8-9,20H,3,6-7H2,1-2H3. The van der Waals surface area contributed by atoms with Crippen LogP contribution in [0.1, 0.15) is 12.5 Å². The van der Waals surface area contributed by atoms with Crippen LogP contribution in [0.15, 0.2) is 33.8 Å². The molecule has 0 saturated carbocycles. The van der Waals surface area contributed by atoms with Crippen molar-refractivity contribution in [2.24, 2.45) is 10.2 Å². The highest BCUT2D eigenvalue weighted by Gasteiger charge is 2.13. The van der Waals surface area contributed by atoms with Gasteiger partial charge in [-0.05, 0) is 47.5 Å². The average Bonchev–Trinajstić information content (AvgIpc) is 3.00. The fourth-order valence-corrected chi connectivity index (χ4v) is 2.61. The molecule has 0 unspecified atom stereocenters. The number of anilines is 1. The lowest BCUT2D eigenvalue weighted by molar-refractivity contribution is -0.389. The van der Waals surface area contributed by atoms with Gasteiger partial charge < -0.3 is 20.1 Å². The zero-order valence-corrected chi connectivity index (χ0v) is 13.7. The van der Waals surface area contributed by atoms with Crippen LogP contribution in [0, 0.1) is 17.0 Å². The number of hydrogen-bond donors (Lipinski definition) is 1. The van der Waals surface area contributed by atoms with Crippen molar-refractivity contribution in [1.82, 2.24) is 4.98 Å². The Morgan fingerprint density at radius 3 is 2.78 bits per heavy atom. The summed E-state index contributed by atoms with van der Waals surface area (Å²) in [5.41, 5.74) is 2.60. The summed E-state index contributed by atoms with van der Waals surface area (Å²) >= 11 is 1.07. The minimum atomic E-state index is -0.559. The van der Waals surface area contributed by atoms with Crippen LogP contribution in [-0.4, -0.2) is 34.7 Å². The maximum Gasteiger partial charge on any atom is 0.377 e. The smallest absolute Gasteiger partial charge is 0.377 e. The van der Waals surface area contributed by atoms with E-state index in [1.54, 1.807) is 0 Å². The van der Waals surface area contributed by atoms with E-state index in [1.807, 2.05) is 32.0 Å². The number of likely N-dealkylation sites (N-methyl/N-ethyl adjacent to an activating group) is 1. The van der Waals surface area contributed by atoms with E-state index in [9.17, 15) is 10.1 Å². The Labute approximate surface area is 137 Å². The first-order valence-electron chi connectivity index (χ1n) is 7.03. The molecule has 0 fully saturated rings. The average molecular weight is 335 g/mol. The molecule has 0 aliphatic rings. The van der Waals surface area contributed by atoms with E-state index < -0.39 is 4.92 Å². The van der Waals surface area contributed by atoms with Crippen LogP contribution >= 0.6 is 11.3 Å². The molecule has 0 amide bonds. The van der Waals surface area contributed by atoms with Crippen molar-refractivity contribution in [2.75, 3.05) is 24.6 Å². The summed E-state index contributed by atoms with van der Waals surface area (Å²) in [5.74, 6) is -0.224. The minimum Gasteiger partial charge on any atom is -0.395 e. The summed E-state index contributed by atoms with van der Waals surface area (Å²) in [6.07, 6.45) is 0. The van der Waals surface area contributed by atoms with Crippen LogP contribution in [0.2, 0.25) is 0 Å². The molecule has 0 spiro atoms. The normalized spacial score (nSPS) is 11.1. The summed E-state index contributed by atoms with van der Waals surface area (Å²) in [5, 5.41) is 29.3. The van der Waals surface area contributed by atoms with Gasteiger partial charge in [-0.15, -0.1) is 5.11 Å². The zero-order chi connectivity index (χ0) is 16.8. The third-order valence-electron chi connectivity index (χ3n) is 3.21. The Kier molecular flexibility index (Phi) is 5.72. The van der Waals surface area contributed by atoms with Crippen molar-refractivity contribution in [3.05, 3.63) is 39.3 Å². The SMILES string of the molecule is CCN(CCO)c1ccc(N=Nc2nc([N+](=O)[O-])cs2)c(C)c1. The van der Waals surface area contributed by atoms with Crippen molar-refractivity contribution in [2.45, 2.75) is 13.8 Å². The lowest BCUT2D eigenvalue weighted by Crippen LogP contribution is -2.26. The summed E-state index contributed by atoms with van der Waals surface area (Å²) in [7, 11) is 0. The number of hydrogen-bond acceptors (Lipinski definition) is 8. The number of aromatic nitrogens is 1. The fraction of sp³-hybridized carbons (Fsp3) is 0.357. The molecule has 0 saturated heterocycles. The molecule has 0 aliphatic carbocycles. The van der Waals surface area contributed by atoms with E-state index in [4.69, 9.17) is 5.11 Å². The summed E-state index contributed by atoms with van der Waals surface area (Å²) < 4.78 is 0. The second-order valence-electron chi connectivity index (χ2n) is 4.72. The number of aryl methyl sites for hydroxylation is 1. The molecule has 0 bridgehead atoms. The second kappa shape index (κ2) is 7.75. The molecule has 0 atom stereocenters. The van der Waals surface area contributed by atoms with Crippen molar-refractivity contribution in [3.8, 4) is 0 Å². The first-order valence-corrected chi connectivity index (χ1v) is 7.91. The Balaban J connectivity index is 2.16. The molecule has 122 valence electrons. The minimum absolute atomic E-state index is 0.0944. The molecule has 8 nitrogen and oxygen atoms in total. The van der Waals surface area contributed by atoms with Gasteiger partial charge >= 0.3 is 10.9 Å². The summed E-state index contributed by atoms with van der Waals surface area (Å²) in [4.78, 5) is 15.8. The van der Waals surface area contributed by atoms with Gasteiger partial charge in [-0.2, -0.15) is 0 Å². The van der Waals surface area contributed by atoms with Gasteiger partial charge in [0.2, 0.25) is 0 Å². The van der Waals surface area contributed by atoms with Crippen LogP contribution < -0.4 is 4.90 Å². The Morgan fingerprint density at radius 1 is 1.43 bits per heavy atom. The highest BCUT2D eigenvalue weighted by atomic mass is 32.1. The van der Waals surface area contributed by atoms with E-state index in [-0.39, 0.29) is 17.6 Å². The predicted octanol–water partition coefficient (Wildman–Crippen LogP) is 3.59. The van der Waals surface area contributed by atoms with Gasteiger partial charge in [0.05, 0.1) is 17.7 Å². The summed E-state index contributed by atoms with van der Waals surface area (Å²) in [6, 6.07) is 5.71. The molecular formula is C14H17N5O3S. The van der Waals surface area contributed by atoms with Crippen LogP contribution in [0.25, 0.3) is 0 Å². The molecule has 2 aromatic rings. The van der Waals surface area contributed by atoms with Gasteiger partial charge in [0, 0.05) is 18.8 Å². The first-order chi connectivity index (χ1) is 11.0. The van der Waals surface area contributed by atoms with E-state index in [1.165, 1.54) is 5.38 Å². The maximum atomic E-state index is 10.6. The Morgan fingerprint density at radius 2 is 2.22 bits per heavy atom. The van der Waals surface area contributed by atoms with Crippen LogP contribution in [0.4, 0.5) is 22.3 Å². The van der Waals surface area contributed by atoms with Gasteiger partial charge in [0.15, 0.2) is 0 Å². The summed E-state index contributed by atoms with van der Waals surface area (Å²) in [6.45, 7) is 5.39. The number of aliphatic hydroxyl groups excluding tert-OH is 1. The van der Waals surface area contributed by atoms with Gasteiger partial charge in [0.25, 0.3) is 0 Å². The first kappa shape index (κ1) is 17.0. The van der Waals surface area contributed by atoms with Gasteiger partial charge in [-0.1, -0.05) is 16.5 Å². The molecule has 0 radical (unpaired) electrons. The number of aliphatic hydroxyl groups is 1. The molecular weight excluding hydrogens is 318 g/mol. The number of rotatable bonds is 7. The Hall–Kier alpha value is -2.39. The van der Waals surface area contributed by atoms with E-state index >= 15 is 0 Å². The Bertz CT molecular complexity index is 716. The number of thiazole rings is 1. The maximum absolute atomic E-state index is 10.6. The van der Waals surface area contributed by atoms with E-state index in [0.29, 0.717) is 12.2 Å². The molecule has 1 aromatic heterocycles. The van der Waals surface area contributed by atoms with Crippen LogP contribution in [0.5, 0.6) is 0 Å². The molecule has 2 rings (SSSR count). The zero-order valence-electron chi connectivity index (χ0n) is 12.8. The lowest BCUT2D eigenvalue weighted by atomic mass is 10.1. The van der Waals surface area contributed by atoms with Crippen LogP contribution in [0.3, 0.4) is 0 Å². The monoisotopic (exact) mass is 335 g/mol. The van der Waals surface area contributed by atoms with Crippen LogP contribution in [-0.2, 0) is 0 Å². The van der Waals surface area contributed by atoms with Gasteiger partial charge in [-0.25, -0.2) is 0 Å². The van der Waals surface area contributed by atoms with E-state index in [2.05, 4.69) is 20.1 Å². The second-order valence-corrected chi connectivity index (χ2v) is 5.56. The molecule has 1 heterocycles. The van der Waals surface area contributed by atoms with Gasteiger partial charge in [-0.3, -0.25) is 0 Å². The molecule has 1 aromatic carbocycles. The largest absolute Gasteiger partial charge is 0.395 e. The highest BCUT2D eigenvalue weighted by Crippen LogP contribution is 2.28. The van der Waals surface area contributed by atoms with E-state index in [0.717, 1.165) is 29.1 Å². The van der Waals surface area contributed by atoms with Crippen molar-refractivity contribution in [1.29, 1.82) is 0 Å². The van der Waals surface area contributed by atoms with Crippen molar-refractivity contribution in [3.63, 3.8) is 0 Å². The van der Waals surface area contributed by atoms with Crippen molar-refractivity contribution >= 4 is 33.7 Å². The number of nitrogens with zero attached hydrogens (tertiary/aromatic N) is 5. The number of benzene rings is 1. The molecule has 9 heteroatoms. The topological polar surface area (TPSA) is 104 Å².